The Kier molecular flexibility index (Phi) is 5.58. The van der Waals surface area contributed by atoms with E-state index in [4.69, 9.17) is 9.73 Å². The molecule has 2 N–H and O–H groups in total. The maximum Gasteiger partial charge on any atom is 0.191 e. The van der Waals surface area contributed by atoms with Gasteiger partial charge in [0.2, 0.25) is 0 Å². The highest BCUT2D eigenvalue weighted by Crippen LogP contribution is 2.61. The molecule has 0 aromatic heterocycles. The van der Waals surface area contributed by atoms with Gasteiger partial charge in [0, 0.05) is 32.7 Å². The van der Waals surface area contributed by atoms with Crippen LogP contribution in [-0.2, 0) is 4.74 Å². The second-order valence-electron chi connectivity index (χ2n) is 7.07. The van der Waals surface area contributed by atoms with Crippen molar-refractivity contribution in [1.29, 1.82) is 0 Å². The van der Waals surface area contributed by atoms with Crippen LogP contribution in [0, 0.1) is 11.3 Å². The van der Waals surface area contributed by atoms with E-state index in [9.17, 15) is 0 Å². The summed E-state index contributed by atoms with van der Waals surface area (Å²) in [6.07, 6.45) is 6.85. The van der Waals surface area contributed by atoms with Crippen molar-refractivity contribution in [3.63, 3.8) is 0 Å². The maximum atomic E-state index is 5.38. The lowest BCUT2D eigenvalue weighted by Gasteiger charge is -2.26. The molecular formula is C17H32N4O. The van der Waals surface area contributed by atoms with Gasteiger partial charge in [-0.2, -0.15) is 0 Å². The highest BCUT2D eigenvalue weighted by Gasteiger charge is 2.53. The zero-order valence-electron chi connectivity index (χ0n) is 14.1. The Bertz CT molecular complexity index is 371. The predicted molar refractivity (Wildman–Crippen MR) is 90.2 cm³/mol. The van der Waals surface area contributed by atoms with Gasteiger partial charge in [0.05, 0.1) is 13.2 Å². The summed E-state index contributed by atoms with van der Waals surface area (Å²) in [6.45, 7) is 10.2. The van der Waals surface area contributed by atoms with Crippen molar-refractivity contribution in [3.8, 4) is 0 Å². The Morgan fingerprint density at radius 3 is 2.64 bits per heavy atom. The molecular weight excluding hydrogens is 276 g/mol. The molecule has 3 rings (SSSR count). The zero-order chi connectivity index (χ0) is 15.3. The maximum absolute atomic E-state index is 5.38. The van der Waals surface area contributed by atoms with E-state index in [1.54, 1.807) is 0 Å². The van der Waals surface area contributed by atoms with Gasteiger partial charge in [-0.25, -0.2) is 0 Å². The van der Waals surface area contributed by atoms with E-state index in [2.05, 4.69) is 22.5 Å². The molecule has 5 heteroatoms. The molecule has 0 amide bonds. The standard InChI is InChI=1S/C17H32N4O/c1-2-18-16(20-14-17(6-7-17)15-4-5-15)19-8-3-9-21-10-12-22-13-11-21/h15H,2-14H2,1H3,(H2,18,19,20). The van der Waals surface area contributed by atoms with E-state index in [0.29, 0.717) is 5.41 Å². The first kappa shape index (κ1) is 16.1. The minimum absolute atomic E-state index is 0.593. The molecule has 0 atom stereocenters. The minimum Gasteiger partial charge on any atom is -0.379 e. The van der Waals surface area contributed by atoms with E-state index in [0.717, 1.165) is 70.8 Å². The highest BCUT2D eigenvalue weighted by atomic mass is 16.5. The van der Waals surface area contributed by atoms with Crippen LogP contribution >= 0.6 is 0 Å². The lowest BCUT2D eigenvalue weighted by atomic mass is 10.0. The molecule has 1 heterocycles. The average Bonchev–Trinajstić information content (AvgIpc) is 3.43. The van der Waals surface area contributed by atoms with Crippen LogP contribution in [-0.4, -0.2) is 63.3 Å². The van der Waals surface area contributed by atoms with Crippen LogP contribution in [0.25, 0.3) is 0 Å². The number of ether oxygens (including phenoxy) is 1. The Labute approximate surface area is 134 Å². The molecule has 5 nitrogen and oxygen atoms in total. The molecule has 3 aliphatic rings. The molecule has 2 saturated carbocycles. The Morgan fingerprint density at radius 2 is 2.00 bits per heavy atom. The molecule has 126 valence electrons. The summed E-state index contributed by atoms with van der Waals surface area (Å²) in [5.41, 5.74) is 0.593. The molecule has 1 saturated heterocycles. The second-order valence-corrected chi connectivity index (χ2v) is 7.07. The molecule has 3 fully saturated rings. The number of nitrogens with one attached hydrogen (secondary N) is 2. The molecule has 0 unspecified atom stereocenters. The number of aliphatic imine (C=N–C) groups is 1. The van der Waals surface area contributed by atoms with Gasteiger partial charge in [-0.15, -0.1) is 0 Å². The Morgan fingerprint density at radius 1 is 1.23 bits per heavy atom. The first-order valence-corrected chi connectivity index (χ1v) is 9.15. The van der Waals surface area contributed by atoms with Crippen molar-refractivity contribution in [2.75, 3.05) is 52.5 Å². The summed E-state index contributed by atoms with van der Waals surface area (Å²) >= 11 is 0. The van der Waals surface area contributed by atoms with Gasteiger partial charge in [-0.05, 0) is 56.9 Å². The topological polar surface area (TPSA) is 48.9 Å². The first-order valence-electron chi connectivity index (χ1n) is 9.15. The summed E-state index contributed by atoms with van der Waals surface area (Å²) in [5, 5.41) is 6.89. The minimum atomic E-state index is 0.593. The largest absolute Gasteiger partial charge is 0.379 e. The third-order valence-electron chi connectivity index (χ3n) is 5.28. The van der Waals surface area contributed by atoms with Crippen molar-refractivity contribution in [1.82, 2.24) is 15.5 Å². The van der Waals surface area contributed by atoms with E-state index < -0.39 is 0 Å². The predicted octanol–water partition coefficient (Wildman–Crippen LogP) is 1.45. The molecule has 2 aliphatic carbocycles. The van der Waals surface area contributed by atoms with Gasteiger partial charge in [-0.1, -0.05) is 0 Å². The van der Waals surface area contributed by atoms with Crippen LogP contribution in [0.5, 0.6) is 0 Å². The smallest absolute Gasteiger partial charge is 0.191 e. The first-order chi connectivity index (χ1) is 10.8. The summed E-state index contributed by atoms with van der Waals surface area (Å²) in [6, 6.07) is 0. The van der Waals surface area contributed by atoms with Crippen molar-refractivity contribution in [3.05, 3.63) is 0 Å². The monoisotopic (exact) mass is 308 g/mol. The molecule has 0 bridgehead atoms. The average molecular weight is 308 g/mol. The Hall–Kier alpha value is -0.810. The van der Waals surface area contributed by atoms with Gasteiger partial charge < -0.3 is 15.4 Å². The molecule has 0 aromatic rings. The number of rotatable bonds is 8. The van der Waals surface area contributed by atoms with E-state index in [1.807, 2.05) is 0 Å². The van der Waals surface area contributed by atoms with E-state index >= 15 is 0 Å². The summed E-state index contributed by atoms with van der Waals surface area (Å²) in [7, 11) is 0. The number of guanidine groups is 1. The summed E-state index contributed by atoms with van der Waals surface area (Å²) in [4.78, 5) is 7.34. The number of nitrogens with zero attached hydrogens (tertiary/aromatic N) is 2. The SMILES string of the molecule is CCNC(=NCC1(C2CC2)CC1)NCCCN1CCOCC1. The van der Waals surface area contributed by atoms with Crippen molar-refractivity contribution >= 4 is 5.96 Å². The van der Waals surface area contributed by atoms with Crippen LogP contribution in [0.15, 0.2) is 4.99 Å². The highest BCUT2D eigenvalue weighted by molar-refractivity contribution is 5.79. The van der Waals surface area contributed by atoms with Gasteiger partial charge in [0.1, 0.15) is 0 Å². The van der Waals surface area contributed by atoms with E-state index in [-0.39, 0.29) is 0 Å². The lowest BCUT2D eigenvalue weighted by Crippen LogP contribution is -2.41. The van der Waals surface area contributed by atoms with Crippen LogP contribution in [0.1, 0.15) is 39.0 Å². The summed E-state index contributed by atoms with van der Waals surface area (Å²) in [5.74, 6) is 2.00. The van der Waals surface area contributed by atoms with Gasteiger partial charge in [0.15, 0.2) is 5.96 Å². The molecule has 1 aliphatic heterocycles. The van der Waals surface area contributed by atoms with Gasteiger partial charge in [0.25, 0.3) is 0 Å². The number of hydrogen-bond acceptors (Lipinski definition) is 3. The van der Waals surface area contributed by atoms with Crippen LogP contribution in [0.4, 0.5) is 0 Å². The fourth-order valence-electron chi connectivity index (χ4n) is 3.46. The number of morpholine rings is 1. The number of hydrogen-bond donors (Lipinski definition) is 2. The van der Waals surface area contributed by atoms with Crippen molar-refractivity contribution in [2.45, 2.75) is 39.0 Å². The van der Waals surface area contributed by atoms with Crippen molar-refractivity contribution in [2.24, 2.45) is 16.3 Å². The van der Waals surface area contributed by atoms with Crippen LogP contribution in [0.2, 0.25) is 0 Å². The molecule has 22 heavy (non-hydrogen) atoms. The quantitative estimate of drug-likeness (QED) is 0.405. The van der Waals surface area contributed by atoms with Gasteiger partial charge >= 0.3 is 0 Å². The molecule has 0 spiro atoms. The fraction of sp³-hybridized carbons (Fsp3) is 0.941. The van der Waals surface area contributed by atoms with Gasteiger partial charge in [-0.3, -0.25) is 9.89 Å². The van der Waals surface area contributed by atoms with Crippen LogP contribution < -0.4 is 10.6 Å². The third-order valence-corrected chi connectivity index (χ3v) is 5.28. The van der Waals surface area contributed by atoms with Crippen LogP contribution in [0.3, 0.4) is 0 Å². The fourth-order valence-corrected chi connectivity index (χ4v) is 3.46. The van der Waals surface area contributed by atoms with E-state index in [1.165, 1.54) is 25.7 Å². The Balaban J connectivity index is 1.35. The lowest BCUT2D eigenvalue weighted by molar-refractivity contribution is 0.0376. The molecule has 0 radical (unpaired) electrons. The molecule has 0 aromatic carbocycles. The summed E-state index contributed by atoms with van der Waals surface area (Å²) < 4.78 is 5.38. The van der Waals surface area contributed by atoms with Crippen molar-refractivity contribution < 1.29 is 4.74 Å². The third kappa shape index (κ3) is 4.59. The zero-order valence-corrected chi connectivity index (χ0v) is 14.1. The second kappa shape index (κ2) is 7.64. The normalized spacial score (nSPS) is 25.0.